The average Bonchev–Trinajstić information content (AvgIpc) is 2.79. The van der Waals surface area contributed by atoms with Gasteiger partial charge in [0.25, 0.3) is 0 Å². The van der Waals surface area contributed by atoms with Crippen LogP contribution < -0.4 is 14.8 Å². The first-order valence-corrected chi connectivity index (χ1v) is 11.4. The van der Waals surface area contributed by atoms with E-state index < -0.39 is 0 Å². The van der Waals surface area contributed by atoms with Crippen molar-refractivity contribution in [2.45, 2.75) is 20.1 Å². The second-order valence-corrected chi connectivity index (χ2v) is 8.47. The molecule has 0 fully saturated rings. The number of rotatable bonds is 8. The van der Waals surface area contributed by atoms with Crippen LogP contribution in [0, 0.1) is 0 Å². The molecular weight excluding hydrogens is 465 g/mol. The van der Waals surface area contributed by atoms with Crippen molar-refractivity contribution in [3.8, 4) is 11.5 Å². The number of anilines is 1. The molecular formula is C26H22Cl3NO2. The predicted molar refractivity (Wildman–Crippen MR) is 135 cm³/mol. The molecule has 0 radical (unpaired) electrons. The van der Waals surface area contributed by atoms with Crippen LogP contribution >= 0.6 is 34.8 Å². The highest BCUT2D eigenvalue weighted by atomic mass is 35.5. The fourth-order valence-corrected chi connectivity index (χ4v) is 4.09. The molecule has 0 heterocycles. The number of nitrogens with one attached hydrogen (secondary N) is 1. The van der Waals surface area contributed by atoms with Crippen LogP contribution in [-0.2, 0) is 13.2 Å². The van der Waals surface area contributed by atoms with Crippen molar-refractivity contribution in [1.82, 2.24) is 0 Å². The number of ether oxygens (including phenoxy) is 2. The van der Waals surface area contributed by atoms with E-state index in [-0.39, 0.29) is 0 Å². The van der Waals surface area contributed by atoms with Crippen molar-refractivity contribution < 1.29 is 9.47 Å². The fraction of sp³-hybridized carbons (Fsp3) is 0.154. The van der Waals surface area contributed by atoms with E-state index in [1.807, 2.05) is 43.3 Å². The summed E-state index contributed by atoms with van der Waals surface area (Å²) in [7, 11) is 0. The smallest absolute Gasteiger partial charge is 0.180 e. The van der Waals surface area contributed by atoms with Gasteiger partial charge in [-0.15, -0.1) is 0 Å². The zero-order chi connectivity index (χ0) is 22.5. The van der Waals surface area contributed by atoms with Crippen LogP contribution in [0.2, 0.25) is 15.1 Å². The van der Waals surface area contributed by atoms with Gasteiger partial charge in [-0.25, -0.2) is 0 Å². The molecule has 4 rings (SSSR count). The van der Waals surface area contributed by atoms with E-state index in [2.05, 4.69) is 29.6 Å². The van der Waals surface area contributed by atoms with E-state index in [1.54, 1.807) is 12.1 Å². The first kappa shape index (κ1) is 22.6. The van der Waals surface area contributed by atoms with Gasteiger partial charge in [0.2, 0.25) is 0 Å². The highest BCUT2D eigenvalue weighted by Crippen LogP contribution is 2.38. The summed E-state index contributed by atoms with van der Waals surface area (Å²) in [5, 5.41) is 7.18. The van der Waals surface area contributed by atoms with Crippen molar-refractivity contribution in [3.05, 3.63) is 99.0 Å². The Morgan fingerprint density at radius 3 is 2.41 bits per heavy atom. The molecule has 0 unspecified atom stereocenters. The van der Waals surface area contributed by atoms with Crippen LogP contribution in [0.3, 0.4) is 0 Å². The van der Waals surface area contributed by atoms with E-state index >= 15 is 0 Å². The second-order valence-electron chi connectivity index (χ2n) is 7.25. The minimum absolute atomic E-state index is 0.391. The third kappa shape index (κ3) is 5.24. The van der Waals surface area contributed by atoms with Gasteiger partial charge in [-0.2, -0.15) is 0 Å². The van der Waals surface area contributed by atoms with Crippen LogP contribution in [0.1, 0.15) is 18.1 Å². The van der Waals surface area contributed by atoms with Crippen LogP contribution in [0.15, 0.2) is 72.8 Å². The maximum atomic E-state index is 6.61. The lowest BCUT2D eigenvalue weighted by Gasteiger charge is -2.16. The van der Waals surface area contributed by atoms with Gasteiger partial charge in [-0.3, -0.25) is 0 Å². The van der Waals surface area contributed by atoms with E-state index in [4.69, 9.17) is 44.3 Å². The summed E-state index contributed by atoms with van der Waals surface area (Å²) in [5.41, 5.74) is 2.92. The van der Waals surface area contributed by atoms with E-state index in [1.165, 1.54) is 5.39 Å². The lowest BCUT2D eigenvalue weighted by atomic mass is 10.1. The van der Waals surface area contributed by atoms with Crippen LogP contribution in [-0.4, -0.2) is 6.61 Å². The topological polar surface area (TPSA) is 30.5 Å². The standard InChI is InChI=1S/C26H22Cl3NO2/c1-2-31-25-13-17(15-30-20-10-11-22(27)23(28)14-20)12-24(29)26(25)32-16-19-8-5-7-18-6-3-4-9-21(18)19/h3-14,30H,2,15-16H2,1H3. The molecule has 0 saturated heterocycles. The second kappa shape index (κ2) is 10.4. The monoisotopic (exact) mass is 485 g/mol. The highest BCUT2D eigenvalue weighted by molar-refractivity contribution is 6.42. The van der Waals surface area contributed by atoms with E-state index in [9.17, 15) is 0 Å². The molecule has 32 heavy (non-hydrogen) atoms. The molecule has 0 bridgehead atoms. The molecule has 0 saturated carbocycles. The molecule has 0 aromatic heterocycles. The van der Waals surface area contributed by atoms with Gasteiger partial charge >= 0.3 is 0 Å². The number of fused-ring (bicyclic) bond motifs is 1. The predicted octanol–water partition coefficient (Wildman–Crippen LogP) is 8.39. The van der Waals surface area contributed by atoms with Gasteiger partial charge in [0.05, 0.1) is 21.7 Å². The molecule has 0 spiro atoms. The molecule has 4 aromatic carbocycles. The Morgan fingerprint density at radius 2 is 1.59 bits per heavy atom. The molecule has 6 heteroatoms. The molecule has 164 valence electrons. The lowest BCUT2D eigenvalue weighted by molar-refractivity contribution is 0.270. The molecule has 3 nitrogen and oxygen atoms in total. The first-order valence-electron chi connectivity index (χ1n) is 10.3. The Hall–Kier alpha value is -2.59. The Bertz CT molecular complexity index is 1240. The minimum Gasteiger partial charge on any atom is -0.490 e. The molecule has 0 aliphatic carbocycles. The third-order valence-corrected chi connectivity index (χ3v) is 6.06. The van der Waals surface area contributed by atoms with Crippen molar-refractivity contribution >= 4 is 51.3 Å². The molecule has 0 amide bonds. The maximum Gasteiger partial charge on any atom is 0.180 e. The summed E-state index contributed by atoms with van der Waals surface area (Å²) in [4.78, 5) is 0. The zero-order valence-corrected chi connectivity index (χ0v) is 19.8. The molecule has 4 aromatic rings. The number of benzene rings is 4. The summed E-state index contributed by atoms with van der Waals surface area (Å²) in [6.45, 7) is 3.37. The Balaban J connectivity index is 1.53. The van der Waals surface area contributed by atoms with Crippen molar-refractivity contribution in [1.29, 1.82) is 0 Å². The average molecular weight is 487 g/mol. The maximum absolute atomic E-state index is 6.61. The largest absolute Gasteiger partial charge is 0.490 e. The van der Waals surface area contributed by atoms with Crippen LogP contribution in [0.5, 0.6) is 11.5 Å². The van der Waals surface area contributed by atoms with Gasteiger partial charge in [-0.1, -0.05) is 77.3 Å². The quantitative estimate of drug-likeness (QED) is 0.271. The molecule has 0 atom stereocenters. The summed E-state index contributed by atoms with van der Waals surface area (Å²) in [6.07, 6.45) is 0. The van der Waals surface area contributed by atoms with Crippen LogP contribution in [0.4, 0.5) is 5.69 Å². The first-order chi connectivity index (χ1) is 15.5. The van der Waals surface area contributed by atoms with Gasteiger partial charge in [0.1, 0.15) is 6.61 Å². The number of hydrogen-bond acceptors (Lipinski definition) is 3. The van der Waals surface area contributed by atoms with E-state index in [0.717, 1.165) is 22.2 Å². The Morgan fingerprint density at radius 1 is 0.781 bits per heavy atom. The van der Waals surface area contributed by atoms with Crippen molar-refractivity contribution in [2.24, 2.45) is 0 Å². The van der Waals surface area contributed by atoms with Gasteiger partial charge in [0.15, 0.2) is 11.5 Å². The van der Waals surface area contributed by atoms with Gasteiger partial charge in [-0.05, 0) is 59.2 Å². The van der Waals surface area contributed by atoms with E-state index in [0.29, 0.717) is 46.3 Å². The Kier molecular flexibility index (Phi) is 7.31. The zero-order valence-electron chi connectivity index (χ0n) is 17.5. The molecule has 0 aliphatic heterocycles. The van der Waals surface area contributed by atoms with Crippen LogP contribution in [0.25, 0.3) is 10.8 Å². The van der Waals surface area contributed by atoms with Crippen molar-refractivity contribution in [3.63, 3.8) is 0 Å². The Labute approximate surface area is 202 Å². The summed E-state index contributed by atoms with van der Waals surface area (Å²) in [6, 6.07) is 23.7. The summed E-state index contributed by atoms with van der Waals surface area (Å²) in [5.74, 6) is 1.16. The third-order valence-electron chi connectivity index (χ3n) is 5.04. The summed E-state index contributed by atoms with van der Waals surface area (Å²) < 4.78 is 12.0. The van der Waals surface area contributed by atoms with Crippen molar-refractivity contribution in [2.75, 3.05) is 11.9 Å². The number of halogens is 3. The summed E-state index contributed by atoms with van der Waals surface area (Å²) >= 11 is 18.7. The lowest BCUT2D eigenvalue weighted by Crippen LogP contribution is -2.04. The normalized spacial score (nSPS) is 10.9. The SMILES string of the molecule is CCOc1cc(CNc2ccc(Cl)c(Cl)c2)cc(Cl)c1OCc1cccc2ccccc12. The highest BCUT2D eigenvalue weighted by Gasteiger charge is 2.14. The number of hydrogen-bond donors (Lipinski definition) is 1. The minimum atomic E-state index is 0.391. The van der Waals surface area contributed by atoms with Gasteiger partial charge < -0.3 is 14.8 Å². The molecule has 0 aliphatic rings. The van der Waals surface area contributed by atoms with Gasteiger partial charge in [0, 0.05) is 12.2 Å². The molecule has 1 N–H and O–H groups in total. The fourth-order valence-electron chi connectivity index (χ4n) is 3.50.